The number of nitrogens with one attached hydrogen (secondary N) is 1. The van der Waals surface area contributed by atoms with E-state index >= 15 is 0 Å². The second kappa shape index (κ2) is 5.24. The largest absolute Gasteiger partial charge is 0.376 e. The molecule has 18 heavy (non-hydrogen) atoms. The van der Waals surface area contributed by atoms with Crippen molar-refractivity contribution in [3.63, 3.8) is 0 Å². The van der Waals surface area contributed by atoms with Crippen molar-refractivity contribution in [1.29, 1.82) is 0 Å². The lowest BCUT2D eigenvalue weighted by Gasteiger charge is -2.08. The number of rotatable bonds is 4. The molecule has 1 aliphatic rings. The number of hydrogen-bond donors (Lipinski definition) is 1. The molecule has 0 radical (unpaired) electrons. The molecule has 3 nitrogen and oxygen atoms in total. The molecule has 1 saturated heterocycles. The van der Waals surface area contributed by atoms with Crippen LogP contribution in [0.15, 0.2) is 18.2 Å². The molecule has 2 aromatic rings. The lowest BCUT2D eigenvalue weighted by atomic mass is 10.1. The topological polar surface area (TPSA) is 34.1 Å². The van der Waals surface area contributed by atoms with E-state index in [1.165, 1.54) is 16.7 Å². The van der Waals surface area contributed by atoms with E-state index in [4.69, 9.17) is 9.72 Å². The van der Waals surface area contributed by atoms with Crippen LogP contribution < -0.4 is 5.32 Å². The summed E-state index contributed by atoms with van der Waals surface area (Å²) in [5.41, 5.74) is 2.48. The molecule has 1 fully saturated rings. The molecule has 0 amide bonds. The van der Waals surface area contributed by atoms with Crippen molar-refractivity contribution < 1.29 is 4.74 Å². The second-order valence-electron chi connectivity index (χ2n) is 4.65. The average molecular weight is 262 g/mol. The molecule has 96 valence electrons. The Morgan fingerprint density at radius 1 is 1.50 bits per heavy atom. The molecule has 1 aliphatic heterocycles. The molecular weight excluding hydrogens is 244 g/mol. The van der Waals surface area contributed by atoms with Crippen molar-refractivity contribution >= 4 is 26.7 Å². The molecule has 1 N–H and O–H groups in total. The maximum atomic E-state index is 5.61. The van der Waals surface area contributed by atoms with E-state index in [9.17, 15) is 0 Å². The summed E-state index contributed by atoms with van der Waals surface area (Å²) in [5, 5.41) is 4.42. The van der Waals surface area contributed by atoms with Crippen molar-refractivity contribution in [3.8, 4) is 0 Å². The molecule has 1 atom stereocenters. The summed E-state index contributed by atoms with van der Waals surface area (Å²) in [6.07, 6.45) is 3.75. The Labute approximate surface area is 111 Å². The van der Waals surface area contributed by atoms with Gasteiger partial charge in [0.2, 0.25) is 0 Å². The first-order valence-electron chi connectivity index (χ1n) is 6.60. The van der Waals surface area contributed by atoms with Crippen molar-refractivity contribution in [1.82, 2.24) is 4.98 Å². The number of aryl methyl sites for hydroxylation is 1. The van der Waals surface area contributed by atoms with Gasteiger partial charge < -0.3 is 10.1 Å². The highest BCUT2D eigenvalue weighted by Crippen LogP contribution is 2.28. The van der Waals surface area contributed by atoms with Crippen LogP contribution >= 0.6 is 11.3 Å². The lowest BCUT2D eigenvalue weighted by Crippen LogP contribution is -2.18. The molecule has 1 aromatic heterocycles. The predicted molar refractivity (Wildman–Crippen MR) is 76.5 cm³/mol. The monoisotopic (exact) mass is 262 g/mol. The van der Waals surface area contributed by atoms with Crippen molar-refractivity contribution in [2.24, 2.45) is 0 Å². The van der Waals surface area contributed by atoms with Gasteiger partial charge in [0.15, 0.2) is 5.13 Å². The summed E-state index contributed by atoms with van der Waals surface area (Å²) < 4.78 is 6.88. The number of ether oxygens (including phenoxy) is 1. The highest BCUT2D eigenvalue weighted by molar-refractivity contribution is 7.22. The highest BCUT2D eigenvalue weighted by Gasteiger charge is 2.15. The lowest BCUT2D eigenvalue weighted by molar-refractivity contribution is 0.120. The number of para-hydroxylation sites is 1. The van der Waals surface area contributed by atoms with Gasteiger partial charge in [0.05, 0.1) is 16.3 Å². The Balaban J connectivity index is 1.76. The number of aromatic nitrogens is 1. The third kappa shape index (κ3) is 2.35. The van der Waals surface area contributed by atoms with Crippen molar-refractivity contribution in [2.75, 3.05) is 18.5 Å². The smallest absolute Gasteiger partial charge is 0.183 e. The summed E-state index contributed by atoms with van der Waals surface area (Å²) in [6.45, 7) is 3.96. The number of anilines is 1. The van der Waals surface area contributed by atoms with Gasteiger partial charge in [-0.3, -0.25) is 0 Å². The Hall–Kier alpha value is -1.13. The molecule has 0 saturated carbocycles. The first-order valence-corrected chi connectivity index (χ1v) is 7.42. The maximum Gasteiger partial charge on any atom is 0.183 e. The van der Waals surface area contributed by atoms with Crippen LogP contribution in [0, 0.1) is 0 Å². The number of nitrogens with zero attached hydrogens (tertiary/aromatic N) is 1. The second-order valence-corrected chi connectivity index (χ2v) is 5.68. The van der Waals surface area contributed by atoms with Gasteiger partial charge in [0.25, 0.3) is 0 Å². The van der Waals surface area contributed by atoms with E-state index in [0.717, 1.165) is 36.6 Å². The Bertz CT molecular complexity index is 532. The zero-order valence-corrected chi connectivity index (χ0v) is 11.4. The number of hydrogen-bond acceptors (Lipinski definition) is 4. The quantitative estimate of drug-likeness (QED) is 0.916. The molecular formula is C14H18N2OS. The zero-order chi connectivity index (χ0) is 12.4. The van der Waals surface area contributed by atoms with Crippen LogP contribution in [0.2, 0.25) is 0 Å². The van der Waals surface area contributed by atoms with Crippen LogP contribution in [-0.2, 0) is 11.2 Å². The van der Waals surface area contributed by atoms with Crippen LogP contribution in [0.25, 0.3) is 10.2 Å². The fourth-order valence-electron chi connectivity index (χ4n) is 2.37. The Morgan fingerprint density at radius 3 is 3.22 bits per heavy atom. The van der Waals surface area contributed by atoms with Gasteiger partial charge in [-0.15, -0.1) is 0 Å². The van der Waals surface area contributed by atoms with E-state index in [2.05, 4.69) is 30.4 Å². The fraction of sp³-hybridized carbons (Fsp3) is 0.500. The molecule has 0 aliphatic carbocycles. The van der Waals surface area contributed by atoms with Gasteiger partial charge in [-0.25, -0.2) is 4.98 Å². The molecule has 4 heteroatoms. The fourth-order valence-corrected chi connectivity index (χ4v) is 3.29. The minimum absolute atomic E-state index is 0.364. The van der Waals surface area contributed by atoms with Crippen molar-refractivity contribution in [3.05, 3.63) is 23.8 Å². The Morgan fingerprint density at radius 2 is 2.44 bits per heavy atom. The normalized spacial score (nSPS) is 19.5. The summed E-state index contributed by atoms with van der Waals surface area (Å²) in [5.74, 6) is 0. The third-order valence-electron chi connectivity index (χ3n) is 3.39. The van der Waals surface area contributed by atoms with E-state index in [1.807, 2.05) is 0 Å². The third-order valence-corrected chi connectivity index (χ3v) is 4.37. The minimum Gasteiger partial charge on any atom is -0.376 e. The van der Waals surface area contributed by atoms with Gasteiger partial charge in [0.1, 0.15) is 0 Å². The SMILES string of the molecule is CCc1cccc2sc(NC[C@@H]3CCCO3)nc12. The van der Waals surface area contributed by atoms with Crippen LogP contribution in [-0.4, -0.2) is 24.2 Å². The maximum absolute atomic E-state index is 5.61. The van der Waals surface area contributed by atoms with Crippen LogP contribution in [0.3, 0.4) is 0 Å². The molecule has 0 unspecified atom stereocenters. The van der Waals surface area contributed by atoms with Gasteiger partial charge in [-0.05, 0) is 30.9 Å². The van der Waals surface area contributed by atoms with Gasteiger partial charge in [-0.2, -0.15) is 0 Å². The number of thiazole rings is 1. The molecule has 3 rings (SSSR count). The number of fused-ring (bicyclic) bond motifs is 1. The summed E-state index contributed by atoms with van der Waals surface area (Å²) in [6, 6.07) is 6.42. The zero-order valence-electron chi connectivity index (χ0n) is 10.6. The molecule has 2 heterocycles. The number of benzene rings is 1. The minimum atomic E-state index is 0.364. The summed E-state index contributed by atoms with van der Waals surface area (Å²) in [4.78, 5) is 4.70. The average Bonchev–Trinajstić information content (AvgIpc) is 3.04. The summed E-state index contributed by atoms with van der Waals surface area (Å²) in [7, 11) is 0. The van der Waals surface area contributed by atoms with Crippen LogP contribution in [0.4, 0.5) is 5.13 Å². The van der Waals surface area contributed by atoms with E-state index in [1.54, 1.807) is 11.3 Å². The standard InChI is InChI=1S/C14H18N2OS/c1-2-10-5-3-7-12-13(10)16-14(18-12)15-9-11-6-4-8-17-11/h3,5,7,11H,2,4,6,8-9H2,1H3,(H,15,16)/t11-/m0/s1. The molecule has 0 bridgehead atoms. The van der Waals surface area contributed by atoms with Gasteiger partial charge in [-0.1, -0.05) is 30.4 Å². The highest BCUT2D eigenvalue weighted by atomic mass is 32.1. The Kier molecular flexibility index (Phi) is 3.48. The first kappa shape index (κ1) is 11.9. The van der Waals surface area contributed by atoms with Gasteiger partial charge in [0, 0.05) is 13.2 Å². The predicted octanol–water partition coefficient (Wildman–Crippen LogP) is 3.45. The summed E-state index contributed by atoms with van der Waals surface area (Å²) >= 11 is 1.73. The van der Waals surface area contributed by atoms with E-state index in [0.29, 0.717) is 6.10 Å². The van der Waals surface area contributed by atoms with Gasteiger partial charge >= 0.3 is 0 Å². The first-order chi connectivity index (χ1) is 8.86. The van der Waals surface area contributed by atoms with Crippen molar-refractivity contribution in [2.45, 2.75) is 32.3 Å². The van der Waals surface area contributed by atoms with Crippen LogP contribution in [0.1, 0.15) is 25.3 Å². The van der Waals surface area contributed by atoms with E-state index in [-0.39, 0.29) is 0 Å². The van der Waals surface area contributed by atoms with E-state index < -0.39 is 0 Å². The van der Waals surface area contributed by atoms with Crippen LogP contribution in [0.5, 0.6) is 0 Å². The molecule has 1 aromatic carbocycles. The molecule has 0 spiro atoms.